The molecule has 0 atom stereocenters. The molecule has 1 N–H and O–H groups in total. The van der Waals surface area contributed by atoms with Crippen LogP contribution in [0.3, 0.4) is 0 Å². The number of rotatable bonds is 5. The summed E-state index contributed by atoms with van der Waals surface area (Å²) in [4.78, 5) is 27.5. The van der Waals surface area contributed by atoms with Crippen molar-refractivity contribution >= 4 is 17.6 Å². The molecule has 7 nitrogen and oxygen atoms in total. The highest BCUT2D eigenvalue weighted by atomic mass is 16.5. The van der Waals surface area contributed by atoms with Crippen LogP contribution in [0.1, 0.15) is 28.5 Å². The summed E-state index contributed by atoms with van der Waals surface area (Å²) < 4.78 is 9.60. The largest absolute Gasteiger partial charge is 0.465 e. The lowest BCUT2D eigenvalue weighted by molar-refractivity contribution is -0.116. The van der Waals surface area contributed by atoms with Gasteiger partial charge in [0.25, 0.3) is 0 Å². The van der Waals surface area contributed by atoms with Crippen LogP contribution in [0.2, 0.25) is 0 Å². The molecule has 1 aromatic carbocycles. The summed E-state index contributed by atoms with van der Waals surface area (Å²) in [6.07, 6.45) is 0.518. The number of ether oxygens (including phenoxy) is 1. The Hall–Kier alpha value is -2.70. The number of benzene rings is 1. The lowest BCUT2D eigenvalue weighted by atomic mass is 10.1. The van der Waals surface area contributed by atoms with Crippen LogP contribution >= 0.6 is 0 Å². The Balaban J connectivity index is 1.98. The lowest BCUT2D eigenvalue weighted by Gasteiger charge is -2.08. The van der Waals surface area contributed by atoms with Crippen molar-refractivity contribution in [3.8, 4) is 0 Å². The number of nitrogens with zero attached hydrogens (tertiary/aromatic N) is 2. The Bertz CT molecular complexity index is 651. The average Bonchev–Trinajstić information content (AvgIpc) is 2.90. The van der Waals surface area contributed by atoms with Gasteiger partial charge in [0.1, 0.15) is 0 Å². The van der Waals surface area contributed by atoms with E-state index in [-0.39, 0.29) is 12.3 Å². The molecule has 110 valence electrons. The second-order valence-corrected chi connectivity index (χ2v) is 4.32. The van der Waals surface area contributed by atoms with Gasteiger partial charge in [-0.05, 0) is 19.1 Å². The first-order valence-electron chi connectivity index (χ1n) is 6.36. The van der Waals surface area contributed by atoms with Gasteiger partial charge in [0.2, 0.25) is 11.8 Å². The van der Waals surface area contributed by atoms with Crippen LogP contribution in [0, 0.1) is 6.92 Å². The zero-order chi connectivity index (χ0) is 15.2. The minimum Gasteiger partial charge on any atom is -0.465 e. The van der Waals surface area contributed by atoms with E-state index in [1.165, 1.54) is 7.11 Å². The Kier molecular flexibility index (Phi) is 4.65. The predicted octanol–water partition coefficient (Wildman–Crippen LogP) is 1.74. The Morgan fingerprint density at radius 2 is 2.10 bits per heavy atom. The van der Waals surface area contributed by atoms with Gasteiger partial charge in [0, 0.05) is 12.8 Å². The summed E-state index contributed by atoms with van der Waals surface area (Å²) in [5.41, 5.74) is 0.720. The predicted molar refractivity (Wildman–Crippen MR) is 73.8 cm³/mol. The molecule has 0 aliphatic carbocycles. The van der Waals surface area contributed by atoms with Crippen molar-refractivity contribution in [2.45, 2.75) is 19.8 Å². The number of esters is 1. The van der Waals surface area contributed by atoms with E-state index in [1.807, 2.05) is 0 Å². The molecule has 0 bridgehead atoms. The third kappa shape index (κ3) is 3.88. The number of amides is 1. The van der Waals surface area contributed by atoms with Crippen molar-refractivity contribution in [1.82, 2.24) is 10.1 Å². The molecule has 0 saturated carbocycles. The van der Waals surface area contributed by atoms with Crippen molar-refractivity contribution in [2.75, 3.05) is 12.4 Å². The molecule has 1 heterocycles. The summed E-state index contributed by atoms with van der Waals surface area (Å²) in [5.74, 6) is 0.186. The summed E-state index contributed by atoms with van der Waals surface area (Å²) in [7, 11) is 1.29. The number of anilines is 1. The highest BCUT2D eigenvalue weighted by molar-refractivity contribution is 6.01. The molecule has 2 aromatic rings. The zero-order valence-electron chi connectivity index (χ0n) is 11.8. The molecule has 21 heavy (non-hydrogen) atoms. The first-order valence-corrected chi connectivity index (χ1v) is 6.36. The van der Waals surface area contributed by atoms with Crippen LogP contribution < -0.4 is 5.32 Å². The highest BCUT2D eigenvalue weighted by Crippen LogP contribution is 2.16. The fourth-order valence-electron chi connectivity index (χ4n) is 1.75. The molecule has 0 aliphatic rings. The molecule has 1 amide bonds. The minimum atomic E-state index is -0.501. The van der Waals surface area contributed by atoms with Crippen molar-refractivity contribution in [1.29, 1.82) is 0 Å². The number of hydrogen-bond acceptors (Lipinski definition) is 6. The second-order valence-electron chi connectivity index (χ2n) is 4.32. The van der Waals surface area contributed by atoms with Crippen LogP contribution in [-0.2, 0) is 16.0 Å². The van der Waals surface area contributed by atoms with Gasteiger partial charge in [-0.2, -0.15) is 4.98 Å². The number of nitrogens with one attached hydrogen (secondary N) is 1. The quantitative estimate of drug-likeness (QED) is 0.842. The Morgan fingerprint density at radius 1 is 1.33 bits per heavy atom. The topological polar surface area (TPSA) is 94.3 Å². The molecule has 0 radical (unpaired) electrons. The first-order chi connectivity index (χ1) is 10.1. The summed E-state index contributed by atoms with van der Waals surface area (Å²) in [5, 5.41) is 6.32. The van der Waals surface area contributed by atoms with E-state index < -0.39 is 5.97 Å². The fourth-order valence-corrected chi connectivity index (χ4v) is 1.75. The van der Waals surface area contributed by atoms with Gasteiger partial charge in [0.05, 0.1) is 18.4 Å². The van der Waals surface area contributed by atoms with Crippen molar-refractivity contribution in [3.63, 3.8) is 0 Å². The van der Waals surface area contributed by atoms with Crippen LogP contribution in [0.5, 0.6) is 0 Å². The van der Waals surface area contributed by atoms with Crippen molar-refractivity contribution < 1.29 is 18.8 Å². The number of carbonyl (C=O) groups is 2. The van der Waals surface area contributed by atoms with Gasteiger partial charge >= 0.3 is 5.97 Å². The van der Waals surface area contributed by atoms with E-state index in [2.05, 4.69) is 20.2 Å². The number of aryl methyl sites for hydroxylation is 2. The molecule has 0 unspecified atom stereocenters. The summed E-state index contributed by atoms with van der Waals surface area (Å²) >= 11 is 0. The van der Waals surface area contributed by atoms with Gasteiger partial charge < -0.3 is 14.6 Å². The standard InChI is InChI=1S/C14H15N3O4/c1-9-15-13(21-17-9)8-7-12(18)16-11-6-4-3-5-10(11)14(19)20-2/h3-6H,7-8H2,1-2H3,(H,16,18). The van der Waals surface area contributed by atoms with Crippen molar-refractivity contribution in [2.24, 2.45) is 0 Å². The van der Waals surface area contributed by atoms with Gasteiger partial charge in [-0.1, -0.05) is 17.3 Å². The zero-order valence-corrected chi connectivity index (χ0v) is 11.8. The average molecular weight is 289 g/mol. The third-order valence-corrected chi connectivity index (χ3v) is 2.74. The highest BCUT2D eigenvalue weighted by Gasteiger charge is 2.14. The Labute approximate surface area is 121 Å². The third-order valence-electron chi connectivity index (χ3n) is 2.74. The minimum absolute atomic E-state index is 0.178. The van der Waals surface area contributed by atoms with E-state index in [1.54, 1.807) is 31.2 Å². The van der Waals surface area contributed by atoms with Crippen molar-refractivity contribution in [3.05, 3.63) is 41.5 Å². The van der Waals surface area contributed by atoms with Crippen LogP contribution in [0.15, 0.2) is 28.8 Å². The van der Waals surface area contributed by atoms with E-state index in [0.717, 1.165) is 0 Å². The molecular weight excluding hydrogens is 274 g/mol. The maximum Gasteiger partial charge on any atom is 0.339 e. The van der Waals surface area contributed by atoms with Crippen LogP contribution in [-0.4, -0.2) is 29.1 Å². The van der Waals surface area contributed by atoms with E-state index in [9.17, 15) is 9.59 Å². The first kappa shape index (κ1) is 14.7. The normalized spacial score (nSPS) is 10.2. The smallest absolute Gasteiger partial charge is 0.339 e. The van der Waals surface area contributed by atoms with Crippen LogP contribution in [0.4, 0.5) is 5.69 Å². The van der Waals surface area contributed by atoms with Crippen LogP contribution in [0.25, 0.3) is 0 Å². The van der Waals surface area contributed by atoms with Gasteiger partial charge in [0.15, 0.2) is 5.82 Å². The molecule has 0 spiro atoms. The number of aromatic nitrogens is 2. The fraction of sp³-hybridized carbons (Fsp3) is 0.286. The molecule has 0 fully saturated rings. The number of hydrogen-bond donors (Lipinski definition) is 1. The van der Waals surface area contributed by atoms with E-state index in [4.69, 9.17) is 4.52 Å². The maximum atomic E-state index is 11.9. The summed E-state index contributed by atoms with van der Waals surface area (Å²) in [6.45, 7) is 1.71. The van der Waals surface area contributed by atoms with E-state index in [0.29, 0.717) is 29.4 Å². The van der Waals surface area contributed by atoms with Gasteiger partial charge in [-0.25, -0.2) is 4.79 Å². The lowest BCUT2D eigenvalue weighted by Crippen LogP contribution is -2.15. The summed E-state index contributed by atoms with van der Waals surface area (Å²) in [6, 6.07) is 6.65. The number of para-hydroxylation sites is 1. The van der Waals surface area contributed by atoms with E-state index >= 15 is 0 Å². The molecule has 1 aromatic heterocycles. The molecule has 7 heteroatoms. The molecular formula is C14H15N3O4. The maximum absolute atomic E-state index is 11.9. The Morgan fingerprint density at radius 3 is 2.76 bits per heavy atom. The number of carbonyl (C=O) groups excluding carboxylic acids is 2. The number of methoxy groups -OCH3 is 1. The molecule has 0 aliphatic heterocycles. The molecule has 0 saturated heterocycles. The van der Waals surface area contributed by atoms with Gasteiger partial charge in [-0.15, -0.1) is 0 Å². The van der Waals surface area contributed by atoms with Gasteiger partial charge in [-0.3, -0.25) is 4.79 Å². The SMILES string of the molecule is COC(=O)c1ccccc1NC(=O)CCc1nc(C)no1. The monoisotopic (exact) mass is 289 g/mol. The molecule has 2 rings (SSSR count). The second kappa shape index (κ2) is 6.65.